The van der Waals surface area contributed by atoms with Crippen LogP contribution in [0.25, 0.3) is 10.8 Å². The zero-order valence-corrected chi connectivity index (χ0v) is 18.1. The molecular formula is C27H24N4O2. The fraction of sp³-hybridized carbons (Fsp3) is 0.148. The van der Waals surface area contributed by atoms with Crippen LogP contribution in [-0.2, 0) is 0 Å². The summed E-state index contributed by atoms with van der Waals surface area (Å²) in [6.07, 6.45) is 0. The van der Waals surface area contributed by atoms with E-state index in [1.807, 2.05) is 66.7 Å². The summed E-state index contributed by atoms with van der Waals surface area (Å²) in [4.78, 5) is 17.5. The Kier molecular flexibility index (Phi) is 5.72. The normalized spacial score (nSPS) is 14.2. The minimum atomic E-state index is -0.192. The van der Waals surface area contributed by atoms with Crippen LogP contribution in [0.1, 0.15) is 10.4 Å². The van der Waals surface area contributed by atoms with Gasteiger partial charge in [0.2, 0.25) is 0 Å². The van der Waals surface area contributed by atoms with Gasteiger partial charge in [-0.25, -0.2) is 0 Å². The van der Waals surface area contributed by atoms with E-state index in [1.54, 1.807) is 17.0 Å². The lowest BCUT2D eigenvalue weighted by molar-refractivity contribution is 0.0744. The number of piperazine rings is 1. The third-order valence-corrected chi connectivity index (χ3v) is 5.94. The van der Waals surface area contributed by atoms with Gasteiger partial charge >= 0.3 is 0 Å². The van der Waals surface area contributed by atoms with Crippen molar-refractivity contribution in [1.82, 2.24) is 4.90 Å². The molecule has 0 spiro atoms. The van der Waals surface area contributed by atoms with Crippen LogP contribution in [-0.4, -0.2) is 42.1 Å². The van der Waals surface area contributed by atoms with Gasteiger partial charge in [0.05, 0.1) is 16.9 Å². The highest BCUT2D eigenvalue weighted by molar-refractivity contribution is 6.07. The second-order valence-corrected chi connectivity index (χ2v) is 7.99. The molecule has 1 N–H and O–H groups in total. The van der Waals surface area contributed by atoms with E-state index in [0.29, 0.717) is 24.2 Å². The van der Waals surface area contributed by atoms with Gasteiger partial charge in [0, 0.05) is 42.6 Å². The van der Waals surface area contributed by atoms with Crippen molar-refractivity contribution in [3.8, 4) is 5.75 Å². The summed E-state index contributed by atoms with van der Waals surface area (Å²) in [5.41, 5.74) is 2.68. The fourth-order valence-electron chi connectivity index (χ4n) is 4.17. The first-order valence-electron chi connectivity index (χ1n) is 11.0. The van der Waals surface area contributed by atoms with Crippen LogP contribution < -0.4 is 4.90 Å². The van der Waals surface area contributed by atoms with E-state index in [2.05, 4.69) is 27.3 Å². The zero-order chi connectivity index (χ0) is 22.6. The number of hydrogen-bond acceptors (Lipinski definition) is 5. The predicted octanol–water partition coefficient (Wildman–Crippen LogP) is 5.92. The average molecular weight is 437 g/mol. The number of azo groups is 1. The van der Waals surface area contributed by atoms with Crippen LogP contribution in [0.4, 0.5) is 17.1 Å². The molecular weight excluding hydrogens is 412 g/mol. The van der Waals surface area contributed by atoms with Crippen molar-refractivity contribution in [3.63, 3.8) is 0 Å². The molecule has 0 aliphatic carbocycles. The summed E-state index contributed by atoms with van der Waals surface area (Å²) < 4.78 is 0. The van der Waals surface area contributed by atoms with Crippen LogP contribution in [0.2, 0.25) is 0 Å². The first-order chi connectivity index (χ1) is 16.2. The Morgan fingerprint density at radius 3 is 2.03 bits per heavy atom. The van der Waals surface area contributed by atoms with Crippen LogP contribution in [0.3, 0.4) is 0 Å². The number of para-hydroxylation sites is 1. The molecule has 1 fully saturated rings. The van der Waals surface area contributed by atoms with Gasteiger partial charge in [-0.05, 0) is 30.3 Å². The van der Waals surface area contributed by atoms with Gasteiger partial charge in [0.25, 0.3) is 5.91 Å². The Bertz CT molecular complexity index is 1300. The minimum absolute atomic E-state index is 0.0141. The zero-order valence-electron chi connectivity index (χ0n) is 18.1. The van der Waals surface area contributed by atoms with Crippen molar-refractivity contribution < 1.29 is 9.90 Å². The van der Waals surface area contributed by atoms with Gasteiger partial charge in [-0.3, -0.25) is 4.79 Å². The molecule has 1 aliphatic heterocycles. The largest absolute Gasteiger partial charge is 0.506 e. The molecule has 0 bridgehead atoms. The SMILES string of the molecule is O=C(c1cc(N=Nc2ccccc2)c2ccccc2c1O)N1CCN(c2ccccc2)CC1. The molecule has 1 saturated heterocycles. The average Bonchev–Trinajstić information content (AvgIpc) is 2.89. The van der Waals surface area contributed by atoms with Crippen LogP contribution in [0.5, 0.6) is 5.75 Å². The number of carbonyl (C=O) groups is 1. The number of phenols is 1. The summed E-state index contributed by atoms with van der Waals surface area (Å²) in [6.45, 7) is 2.65. The first kappa shape index (κ1) is 20.7. The molecule has 5 rings (SSSR count). The maximum Gasteiger partial charge on any atom is 0.257 e. The molecule has 0 unspecified atom stereocenters. The Hall–Kier alpha value is -4.19. The Morgan fingerprint density at radius 1 is 0.727 bits per heavy atom. The van der Waals surface area contributed by atoms with Gasteiger partial charge < -0.3 is 14.9 Å². The highest BCUT2D eigenvalue weighted by Gasteiger charge is 2.26. The number of amides is 1. The number of benzene rings is 4. The van der Waals surface area contributed by atoms with Crippen molar-refractivity contribution >= 4 is 33.7 Å². The van der Waals surface area contributed by atoms with E-state index >= 15 is 0 Å². The molecule has 33 heavy (non-hydrogen) atoms. The summed E-state index contributed by atoms with van der Waals surface area (Å²) in [5, 5.41) is 21.0. The number of fused-ring (bicyclic) bond motifs is 1. The summed E-state index contributed by atoms with van der Waals surface area (Å²) >= 11 is 0. The second-order valence-electron chi connectivity index (χ2n) is 7.99. The second kappa shape index (κ2) is 9.12. The highest BCUT2D eigenvalue weighted by Crippen LogP contribution is 2.37. The number of hydrogen-bond donors (Lipinski definition) is 1. The van der Waals surface area contributed by atoms with Gasteiger partial charge in [-0.1, -0.05) is 60.7 Å². The van der Waals surface area contributed by atoms with E-state index in [0.717, 1.165) is 29.9 Å². The lowest BCUT2D eigenvalue weighted by atomic mass is 10.0. The monoisotopic (exact) mass is 436 g/mol. The summed E-state index contributed by atoms with van der Waals surface area (Å²) in [5.74, 6) is -0.207. The van der Waals surface area contributed by atoms with Gasteiger partial charge in [-0.2, -0.15) is 5.11 Å². The summed E-state index contributed by atoms with van der Waals surface area (Å²) in [7, 11) is 0. The molecule has 4 aromatic carbocycles. The molecule has 0 saturated carbocycles. The molecule has 164 valence electrons. The van der Waals surface area contributed by atoms with Crippen LogP contribution in [0.15, 0.2) is 101 Å². The fourth-order valence-corrected chi connectivity index (χ4v) is 4.17. The molecule has 6 heteroatoms. The number of aromatic hydroxyl groups is 1. The maximum atomic E-state index is 13.4. The van der Waals surface area contributed by atoms with Gasteiger partial charge in [-0.15, -0.1) is 5.11 Å². The smallest absolute Gasteiger partial charge is 0.257 e. The number of nitrogens with zero attached hydrogens (tertiary/aromatic N) is 4. The lowest BCUT2D eigenvalue weighted by Gasteiger charge is -2.36. The Balaban J connectivity index is 1.43. The molecule has 0 radical (unpaired) electrons. The van der Waals surface area contributed by atoms with E-state index in [9.17, 15) is 9.90 Å². The van der Waals surface area contributed by atoms with E-state index in [1.165, 1.54) is 0 Å². The van der Waals surface area contributed by atoms with E-state index < -0.39 is 0 Å². The maximum absolute atomic E-state index is 13.4. The topological polar surface area (TPSA) is 68.5 Å². The Morgan fingerprint density at radius 2 is 1.33 bits per heavy atom. The highest BCUT2D eigenvalue weighted by atomic mass is 16.3. The van der Waals surface area contributed by atoms with Crippen molar-refractivity contribution in [1.29, 1.82) is 0 Å². The quantitative estimate of drug-likeness (QED) is 0.404. The van der Waals surface area contributed by atoms with Crippen LogP contribution in [0, 0.1) is 0 Å². The van der Waals surface area contributed by atoms with Gasteiger partial charge in [0.1, 0.15) is 5.75 Å². The van der Waals surface area contributed by atoms with Crippen molar-refractivity contribution in [2.45, 2.75) is 0 Å². The number of rotatable bonds is 4. The lowest BCUT2D eigenvalue weighted by Crippen LogP contribution is -2.48. The molecule has 6 nitrogen and oxygen atoms in total. The first-order valence-corrected chi connectivity index (χ1v) is 11.0. The molecule has 0 atom stereocenters. The molecule has 1 amide bonds. The van der Waals surface area contributed by atoms with Crippen LogP contribution >= 0.6 is 0 Å². The van der Waals surface area contributed by atoms with E-state index in [-0.39, 0.29) is 17.2 Å². The number of anilines is 1. The third kappa shape index (κ3) is 4.28. The van der Waals surface area contributed by atoms with Gasteiger partial charge in [0.15, 0.2) is 0 Å². The molecule has 4 aromatic rings. The summed E-state index contributed by atoms with van der Waals surface area (Å²) in [6, 6.07) is 28.7. The standard InChI is InChI=1S/C27H24N4O2/c32-26-23-14-8-7-13-22(23)25(29-28-20-9-3-1-4-10-20)19-24(26)27(33)31-17-15-30(16-18-31)21-11-5-2-6-12-21/h1-14,19,32H,15-18H2. The van der Waals surface area contributed by atoms with Crippen molar-refractivity contribution in [2.24, 2.45) is 10.2 Å². The molecule has 1 aliphatic rings. The minimum Gasteiger partial charge on any atom is -0.506 e. The third-order valence-electron chi connectivity index (χ3n) is 5.94. The number of carbonyl (C=O) groups excluding carboxylic acids is 1. The Labute approximate surface area is 192 Å². The van der Waals surface area contributed by atoms with E-state index in [4.69, 9.17) is 0 Å². The van der Waals surface area contributed by atoms with Crippen molar-refractivity contribution in [2.75, 3.05) is 31.1 Å². The van der Waals surface area contributed by atoms with Crippen molar-refractivity contribution in [3.05, 3.63) is 96.6 Å². The predicted molar refractivity (Wildman–Crippen MR) is 131 cm³/mol. The number of phenolic OH excluding ortho intramolecular Hbond substituents is 1. The molecule has 1 heterocycles. The molecule has 0 aromatic heterocycles.